The standard InChI is InChI=1S/C12H11F5N2O/c13-7-6(8(14)10(16)11(17)9(7)15)12(20)19(4-3-18)5-1-2-5/h5H,1-4,18H2. The van der Waals surface area contributed by atoms with Gasteiger partial charge in [0.15, 0.2) is 23.3 Å². The quantitative estimate of drug-likeness (QED) is 0.524. The van der Waals surface area contributed by atoms with E-state index in [1.165, 1.54) is 0 Å². The molecule has 0 atom stereocenters. The van der Waals surface area contributed by atoms with Gasteiger partial charge in [-0.1, -0.05) is 0 Å². The third-order valence-electron chi connectivity index (χ3n) is 3.04. The second-order valence-electron chi connectivity index (χ2n) is 4.46. The third-order valence-corrected chi connectivity index (χ3v) is 3.04. The SMILES string of the molecule is NCCN(C(=O)c1c(F)c(F)c(F)c(F)c1F)C1CC1. The van der Waals surface area contributed by atoms with Crippen LogP contribution < -0.4 is 5.73 Å². The van der Waals surface area contributed by atoms with E-state index < -0.39 is 40.6 Å². The van der Waals surface area contributed by atoms with Gasteiger partial charge in [0.05, 0.1) is 0 Å². The number of carbonyl (C=O) groups excluding carboxylic acids is 1. The number of hydrogen-bond acceptors (Lipinski definition) is 2. The van der Waals surface area contributed by atoms with Crippen molar-refractivity contribution in [3.8, 4) is 0 Å². The Morgan fingerprint density at radius 3 is 1.85 bits per heavy atom. The molecule has 1 aliphatic rings. The molecule has 1 saturated carbocycles. The molecule has 0 unspecified atom stereocenters. The van der Waals surface area contributed by atoms with Crippen LogP contribution in [0.15, 0.2) is 0 Å². The van der Waals surface area contributed by atoms with Crippen molar-refractivity contribution in [2.24, 2.45) is 5.73 Å². The minimum atomic E-state index is -2.28. The summed E-state index contributed by atoms with van der Waals surface area (Å²) in [4.78, 5) is 13.0. The van der Waals surface area contributed by atoms with Crippen molar-refractivity contribution in [1.82, 2.24) is 4.90 Å². The zero-order valence-corrected chi connectivity index (χ0v) is 10.2. The predicted octanol–water partition coefficient (Wildman–Crippen LogP) is 1.95. The Hall–Kier alpha value is -1.70. The average molecular weight is 294 g/mol. The smallest absolute Gasteiger partial charge is 0.260 e. The van der Waals surface area contributed by atoms with Gasteiger partial charge in [-0.2, -0.15) is 0 Å². The predicted molar refractivity (Wildman–Crippen MR) is 59.3 cm³/mol. The van der Waals surface area contributed by atoms with E-state index in [1.807, 2.05) is 0 Å². The highest BCUT2D eigenvalue weighted by atomic mass is 19.2. The van der Waals surface area contributed by atoms with Crippen LogP contribution in [0.3, 0.4) is 0 Å². The first kappa shape index (κ1) is 14.7. The van der Waals surface area contributed by atoms with Gasteiger partial charge in [-0.05, 0) is 12.8 Å². The minimum Gasteiger partial charge on any atom is -0.334 e. The third kappa shape index (κ3) is 2.35. The zero-order valence-electron chi connectivity index (χ0n) is 10.2. The highest BCUT2D eigenvalue weighted by molar-refractivity contribution is 5.95. The monoisotopic (exact) mass is 294 g/mol. The molecule has 1 aliphatic carbocycles. The van der Waals surface area contributed by atoms with Crippen LogP contribution in [-0.2, 0) is 0 Å². The molecule has 2 N–H and O–H groups in total. The van der Waals surface area contributed by atoms with E-state index in [2.05, 4.69) is 0 Å². The van der Waals surface area contributed by atoms with Crippen LogP contribution in [0.25, 0.3) is 0 Å². The summed E-state index contributed by atoms with van der Waals surface area (Å²) in [6, 6.07) is -0.263. The Kier molecular flexibility index (Phi) is 3.94. The molecule has 1 aromatic carbocycles. The van der Waals surface area contributed by atoms with Crippen molar-refractivity contribution in [2.75, 3.05) is 13.1 Å². The molecular formula is C12H11F5N2O. The first-order valence-corrected chi connectivity index (χ1v) is 5.92. The minimum absolute atomic E-state index is 0.0109. The summed E-state index contributed by atoms with van der Waals surface area (Å²) < 4.78 is 66.1. The van der Waals surface area contributed by atoms with E-state index in [9.17, 15) is 26.7 Å². The topological polar surface area (TPSA) is 46.3 Å². The molecule has 0 heterocycles. The molecule has 0 saturated heterocycles. The van der Waals surface area contributed by atoms with Crippen molar-refractivity contribution in [3.63, 3.8) is 0 Å². The average Bonchev–Trinajstić information content (AvgIpc) is 3.24. The fourth-order valence-electron chi connectivity index (χ4n) is 1.91. The molecule has 0 radical (unpaired) electrons. The number of benzene rings is 1. The highest BCUT2D eigenvalue weighted by Crippen LogP contribution is 2.30. The molecule has 20 heavy (non-hydrogen) atoms. The van der Waals surface area contributed by atoms with Crippen LogP contribution in [0, 0.1) is 29.1 Å². The first-order valence-electron chi connectivity index (χ1n) is 5.92. The Balaban J connectivity index is 2.48. The van der Waals surface area contributed by atoms with Crippen LogP contribution in [-0.4, -0.2) is 29.9 Å². The maximum Gasteiger partial charge on any atom is 0.260 e. The lowest BCUT2D eigenvalue weighted by Gasteiger charge is -2.22. The first-order chi connectivity index (χ1) is 9.40. The number of amides is 1. The van der Waals surface area contributed by atoms with E-state index in [0.717, 1.165) is 4.90 Å². The second-order valence-corrected chi connectivity index (χ2v) is 4.46. The van der Waals surface area contributed by atoms with Gasteiger partial charge in [0.25, 0.3) is 5.91 Å². The molecule has 0 spiro atoms. The van der Waals surface area contributed by atoms with Gasteiger partial charge in [-0.25, -0.2) is 22.0 Å². The van der Waals surface area contributed by atoms with Gasteiger partial charge >= 0.3 is 0 Å². The molecule has 1 fully saturated rings. The number of nitrogens with two attached hydrogens (primary N) is 1. The summed E-state index contributed by atoms with van der Waals surface area (Å²) in [5.41, 5.74) is 3.85. The molecule has 1 amide bonds. The van der Waals surface area contributed by atoms with Crippen LogP contribution in [0.5, 0.6) is 0 Å². The molecule has 8 heteroatoms. The van der Waals surface area contributed by atoms with Crippen molar-refractivity contribution in [3.05, 3.63) is 34.6 Å². The van der Waals surface area contributed by atoms with E-state index in [4.69, 9.17) is 5.73 Å². The van der Waals surface area contributed by atoms with E-state index in [-0.39, 0.29) is 19.1 Å². The lowest BCUT2D eigenvalue weighted by atomic mass is 10.1. The lowest BCUT2D eigenvalue weighted by Crippen LogP contribution is -2.38. The number of nitrogens with zero attached hydrogens (tertiary/aromatic N) is 1. The number of halogens is 5. The van der Waals surface area contributed by atoms with Gasteiger partial charge in [-0.3, -0.25) is 4.79 Å². The van der Waals surface area contributed by atoms with E-state index >= 15 is 0 Å². The van der Waals surface area contributed by atoms with Crippen LogP contribution in [0.4, 0.5) is 22.0 Å². The number of hydrogen-bond donors (Lipinski definition) is 1. The van der Waals surface area contributed by atoms with Crippen molar-refractivity contribution < 1.29 is 26.7 Å². The van der Waals surface area contributed by atoms with Crippen LogP contribution in [0.2, 0.25) is 0 Å². The Morgan fingerprint density at radius 2 is 1.45 bits per heavy atom. The van der Waals surface area contributed by atoms with Crippen molar-refractivity contribution in [2.45, 2.75) is 18.9 Å². The Morgan fingerprint density at radius 1 is 1.00 bits per heavy atom. The summed E-state index contributed by atoms with van der Waals surface area (Å²) >= 11 is 0. The summed E-state index contributed by atoms with van der Waals surface area (Å²) in [6.45, 7) is 0.0145. The van der Waals surface area contributed by atoms with Gasteiger partial charge in [0, 0.05) is 19.1 Å². The highest BCUT2D eigenvalue weighted by Gasteiger charge is 2.37. The molecule has 2 rings (SSSR count). The molecule has 0 bridgehead atoms. The second kappa shape index (κ2) is 5.35. The number of carbonyl (C=O) groups is 1. The zero-order chi connectivity index (χ0) is 15.0. The van der Waals surface area contributed by atoms with Gasteiger partial charge in [0.2, 0.25) is 5.82 Å². The van der Waals surface area contributed by atoms with Crippen molar-refractivity contribution in [1.29, 1.82) is 0 Å². The fourth-order valence-corrected chi connectivity index (χ4v) is 1.91. The Bertz CT molecular complexity index is 530. The normalized spacial score (nSPS) is 14.5. The van der Waals surface area contributed by atoms with Crippen LogP contribution >= 0.6 is 0 Å². The largest absolute Gasteiger partial charge is 0.334 e. The van der Waals surface area contributed by atoms with Gasteiger partial charge in [0.1, 0.15) is 5.56 Å². The van der Waals surface area contributed by atoms with Crippen molar-refractivity contribution >= 4 is 5.91 Å². The summed E-state index contributed by atoms with van der Waals surface area (Å²) in [5, 5.41) is 0. The molecule has 1 aromatic rings. The fraction of sp³-hybridized carbons (Fsp3) is 0.417. The lowest BCUT2D eigenvalue weighted by molar-refractivity contribution is 0.0734. The summed E-state index contributed by atoms with van der Waals surface area (Å²) in [5.74, 6) is -12.0. The molecule has 3 nitrogen and oxygen atoms in total. The molecule has 110 valence electrons. The van der Waals surface area contributed by atoms with Gasteiger partial charge in [-0.15, -0.1) is 0 Å². The van der Waals surface area contributed by atoms with E-state index in [1.54, 1.807) is 0 Å². The van der Waals surface area contributed by atoms with Gasteiger partial charge < -0.3 is 10.6 Å². The maximum atomic E-state index is 13.5. The van der Waals surface area contributed by atoms with E-state index in [0.29, 0.717) is 12.8 Å². The number of rotatable bonds is 4. The van der Waals surface area contributed by atoms with Crippen LogP contribution in [0.1, 0.15) is 23.2 Å². The maximum absolute atomic E-state index is 13.5. The Labute approximate surface area is 111 Å². The molecule has 0 aliphatic heterocycles. The molecule has 0 aromatic heterocycles. The summed E-state index contributed by atoms with van der Waals surface area (Å²) in [6.07, 6.45) is 1.22. The summed E-state index contributed by atoms with van der Waals surface area (Å²) in [7, 11) is 0. The molecular weight excluding hydrogens is 283 g/mol.